The topological polar surface area (TPSA) is 63.6 Å². The highest BCUT2D eigenvalue weighted by atomic mass is 32.3. The van der Waals surface area contributed by atoms with Crippen LogP contribution < -0.4 is 0 Å². The molecule has 0 aliphatic heterocycles. The van der Waals surface area contributed by atoms with Crippen molar-refractivity contribution in [2.75, 3.05) is 0 Å². The molecule has 4 unspecified atom stereocenters. The van der Waals surface area contributed by atoms with Crippen molar-refractivity contribution in [3.63, 3.8) is 0 Å². The van der Waals surface area contributed by atoms with Gasteiger partial charge in [0.2, 0.25) is 0 Å². The Balaban J connectivity index is 1.56. The first-order valence-electron chi connectivity index (χ1n) is 12.3. The smallest absolute Gasteiger partial charge is 0.243 e. The summed E-state index contributed by atoms with van der Waals surface area (Å²) < 4.78 is 46.1. The molecule has 1 saturated carbocycles. The van der Waals surface area contributed by atoms with Crippen LogP contribution in [0.5, 0.6) is 0 Å². The lowest BCUT2D eigenvalue weighted by atomic mass is 10.1. The third-order valence-corrected chi connectivity index (χ3v) is 13.1. The first-order valence-corrected chi connectivity index (χ1v) is 16.2. The number of rotatable bonds is 9. The van der Waals surface area contributed by atoms with Crippen molar-refractivity contribution >= 4 is 31.5 Å². The van der Waals surface area contributed by atoms with Crippen LogP contribution in [0, 0.1) is 12.8 Å². The van der Waals surface area contributed by atoms with Crippen molar-refractivity contribution in [1.82, 2.24) is 0 Å². The molecule has 37 heavy (non-hydrogen) atoms. The fourth-order valence-electron chi connectivity index (χ4n) is 4.61. The average Bonchev–Trinajstić information content (AvgIpc) is 3.62. The maximum absolute atomic E-state index is 14.9. The third-order valence-electron chi connectivity index (χ3n) is 6.63. The Morgan fingerprint density at radius 1 is 0.703 bits per heavy atom. The fourth-order valence-corrected chi connectivity index (χ4v) is 11.5. The summed E-state index contributed by atoms with van der Waals surface area (Å²) in [7, 11) is -7.43. The molecule has 0 heterocycles. The second-order valence-corrected chi connectivity index (χ2v) is 14.7. The molecule has 1 aliphatic rings. The molecule has 0 aromatic heterocycles. The van der Waals surface area contributed by atoms with E-state index < -0.39 is 19.8 Å². The van der Waals surface area contributed by atoms with Gasteiger partial charge in [-0.25, -0.2) is 4.21 Å². The highest BCUT2D eigenvalue weighted by Gasteiger charge is 2.57. The van der Waals surface area contributed by atoms with Crippen molar-refractivity contribution in [3.8, 4) is 0 Å². The molecule has 190 valence electrons. The van der Waals surface area contributed by atoms with Gasteiger partial charge in [-0.1, -0.05) is 84.4 Å². The Bertz CT molecular complexity index is 1560. The van der Waals surface area contributed by atoms with Crippen LogP contribution in [0.4, 0.5) is 0 Å². The summed E-state index contributed by atoms with van der Waals surface area (Å²) in [5, 5.41) is -0.389. The van der Waals surface area contributed by atoms with Crippen molar-refractivity contribution in [2.24, 2.45) is 9.69 Å². The molecule has 1 aliphatic carbocycles. The fraction of sp³-hybridized carbons (Fsp3) is 0.200. The average molecular weight is 548 g/mol. The van der Waals surface area contributed by atoms with Gasteiger partial charge < -0.3 is 0 Å². The van der Waals surface area contributed by atoms with Gasteiger partial charge in [-0.15, -0.1) is 15.5 Å². The molecule has 0 N–H and O–H groups in total. The second kappa shape index (κ2) is 10.9. The lowest BCUT2D eigenvalue weighted by molar-refractivity contribution is 0.597. The van der Waals surface area contributed by atoms with E-state index in [4.69, 9.17) is 0 Å². The molecule has 1 fully saturated rings. The number of hydrogen-bond donors (Lipinski definition) is 0. The van der Waals surface area contributed by atoms with E-state index in [0.717, 1.165) is 23.3 Å². The second-order valence-electron chi connectivity index (χ2n) is 9.29. The molecular weight excluding hydrogens is 519 g/mol. The number of aryl methyl sites for hydroxylation is 2. The zero-order chi connectivity index (χ0) is 25.9. The van der Waals surface area contributed by atoms with E-state index >= 15 is 0 Å². The molecule has 4 aromatic rings. The molecule has 0 spiro atoms. The Labute approximate surface area is 224 Å². The van der Waals surface area contributed by atoms with Gasteiger partial charge >= 0.3 is 0 Å². The van der Waals surface area contributed by atoms with Crippen molar-refractivity contribution < 1.29 is 12.6 Å². The van der Waals surface area contributed by atoms with E-state index in [1.165, 1.54) is 17.7 Å². The first-order chi connectivity index (χ1) is 17.9. The highest BCUT2D eigenvalue weighted by molar-refractivity contribution is 8.06. The lowest BCUT2D eigenvalue weighted by Crippen LogP contribution is -2.14. The normalized spacial score (nSPS) is 20.6. The Hall–Kier alpha value is -2.87. The quantitative estimate of drug-likeness (QED) is 0.226. The summed E-state index contributed by atoms with van der Waals surface area (Å²) in [5.41, 5.74) is 2.16. The maximum Gasteiger partial charge on any atom is 0.290 e. The van der Waals surface area contributed by atoms with Gasteiger partial charge in [-0.2, -0.15) is 8.42 Å². The summed E-state index contributed by atoms with van der Waals surface area (Å²) in [6.45, 7) is 1.90. The van der Waals surface area contributed by atoms with E-state index in [0.29, 0.717) is 4.90 Å². The zero-order valence-electron chi connectivity index (χ0n) is 20.5. The Kier molecular flexibility index (Phi) is 7.56. The molecule has 0 amide bonds. The minimum atomic E-state index is -4.13. The predicted molar refractivity (Wildman–Crippen MR) is 152 cm³/mol. The van der Waals surface area contributed by atoms with Gasteiger partial charge in [0.15, 0.2) is 0 Å². The molecule has 7 heteroatoms. The van der Waals surface area contributed by atoms with Crippen LogP contribution in [0.1, 0.15) is 17.5 Å². The summed E-state index contributed by atoms with van der Waals surface area (Å²) in [5.74, 6) is 0.0649. The molecule has 5 rings (SSSR count). The molecule has 0 radical (unpaired) electrons. The number of nitrogens with zero attached hydrogens (tertiary/aromatic N) is 1. The van der Waals surface area contributed by atoms with Gasteiger partial charge in [-0.05, 0) is 67.6 Å². The monoisotopic (exact) mass is 547 g/mol. The highest BCUT2D eigenvalue weighted by Crippen LogP contribution is 2.54. The van der Waals surface area contributed by atoms with Gasteiger partial charge in [-0.3, -0.25) is 0 Å². The third kappa shape index (κ3) is 5.84. The van der Waals surface area contributed by atoms with E-state index in [1.54, 1.807) is 48.2 Å². The molecule has 4 atom stereocenters. The van der Waals surface area contributed by atoms with E-state index in [-0.39, 0.29) is 21.3 Å². The number of benzene rings is 4. The van der Waals surface area contributed by atoms with Crippen LogP contribution in [-0.2, 0) is 26.2 Å². The van der Waals surface area contributed by atoms with Crippen molar-refractivity contribution in [2.45, 2.75) is 45.0 Å². The summed E-state index contributed by atoms with van der Waals surface area (Å²) >= 11 is 1.67. The van der Waals surface area contributed by atoms with Crippen LogP contribution in [-0.4, -0.2) is 23.1 Å². The predicted octanol–water partition coefficient (Wildman–Crippen LogP) is 7.00. The summed E-state index contributed by atoms with van der Waals surface area (Å²) in [4.78, 5) is 1.61. The zero-order valence-corrected chi connectivity index (χ0v) is 23.0. The molecule has 0 bridgehead atoms. The van der Waals surface area contributed by atoms with Gasteiger partial charge in [0.25, 0.3) is 10.0 Å². The van der Waals surface area contributed by atoms with Crippen molar-refractivity contribution in [3.05, 3.63) is 126 Å². The molecule has 0 saturated heterocycles. The summed E-state index contributed by atoms with van der Waals surface area (Å²) in [6, 6.07) is 35.7. The Morgan fingerprint density at radius 3 is 1.89 bits per heavy atom. The summed E-state index contributed by atoms with van der Waals surface area (Å²) in [6.07, 6.45) is 1.64. The largest absolute Gasteiger partial charge is 0.290 e. The van der Waals surface area contributed by atoms with Crippen LogP contribution in [0.25, 0.3) is 0 Å². The van der Waals surface area contributed by atoms with E-state index in [2.05, 4.69) is 15.9 Å². The standard InChI is InChI=1S/C30H29NO3S3/c1-23-17-20-27(21-18-23)37(33,34)31-36(32,26-15-9-4-10-16-26)30-28(22-19-24-11-5-2-6-12-24)29(30)35-25-13-7-3-8-14-25/h2-18,20-21,28-30H,19,22H2,1H3. The number of hydrogen-bond acceptors (Lipinski definition) is 4. The molecule has 4 nitrogen and oxygen atoms in total. The number of sulfonamides is 1. The van der Waals surface area contributed by atoms with Crippen LogP contribution >= 0.6 is 11.8 Å². The van der Waals surface area contributed by atoms with Crippen LogP contribution in [0.2, 0.25) is 0 Å². The maximum atomic E-state index is 14.9. The SMILES string of the molecule is Cc1ccc(S(=O)(=O)N=S(=O)(c2ccccc2)C2C(CCc3ccccc3)C2Sc2ccccc2)cc1. The molecular formula is C30H29NO3S3. The molecule has 4 aromatic carbocycles. The number of thioether (sulfide) groups is 1. The minimum absolute atomic E-state index is 0.00390. The van der Waals surface area contributed by atoms with E-state index in [9.17, 15) is 12.6 Å². The van der Waals surface area contributed by atoms with Gasteiger partial charge in [0.1, 0.15) is 0 Å². The van der Waals surface area contributed by atoms with E-state index in [1.807, 2.05) is 61.5 Å². The Morgan fingerprint density at radius 2 is 1.27 bits per heavy atom. The lowest BCUT2D eigenvalue weighted by Gasteiger charge is -2.12. The first kappa shape index (κ1) is 25.8. The van der Waals surface area contributed by atoms with Crippen molar-refractivity contribution in [1.29, 1.82) is 0 Å². The van der Waals surface area contributed by atoms with Crippen LogP contribution in [0.15, 0.2) is 134 Å². The van der Waals surface area contributed by atoms with Gasteiger partial charge in [0, 0.05) is 15.0 Å². The minimum Gasteiger partial charge on any atom is -0.243 e. The van der Waals surface area contributed by atoms with Crippen LogP contribution in [0.3, 0.4) is 0 Å². The van der Waals surface area contributed by atoms with Gasteiger partial charge in [0.05, 0.1) is 19.9 Å².